The van der Waals surface area contributed by atoms with Gasteiger partial charge in [-0.25, -0.2) is 4.39 Å². The van der Waals surface area contributed by atoms with Crippen LogP contribution in [0.15, 0.2) is 66.0 Å². The van der Waals surface area contributed by atoms with Gasteiger partial charge in [-0.05, 0) is 41.3 Å². The number of carbonyl (C=O) groups is 2. The third-order valence-corrected chi connectivity index (χ3v) is 7.07. The number of nitrogens with zero attached hydrogens (tertiary/aromatic N) is 2. The number of carbonyl (C=O) groups excluding carboxylic acids is 2. The number of benzene rings is 2. The van der Waals surface area contributed by atoms with Crippen molar-refractivity contribution in [3.05, 3.63) is 82.3 Å². The average molecular weight is 496 g/mol. The van der Waals surface area contributed by atoms with Crippen molar-refractivity contribution in [2.75, 3.05) is 44.3 Å². The SMILES string of the molecule is O=C(CN1C[C@H](C(=O)N2CCOCC2)Oc2ccccc21)N[C@H](c1ccc(F)cc1)c1cccs1. The lowest BCUT2D eigenvalue weighted by Gasteiger charge is -2.38. The minimum absolute atomic E-state index is 0.0519. The summed E-state index contributed by atoms with van der Waals surface area (Å²) in [6.07, 6.45) is -0.707. The van der Waals surface area contributed by atoms with Crippen molar-refractivity contribution in [3.8, 4) is 5.75 Å². The van der Waals surface area contributed by atoms with Gasteiger partial charge in [-0.15, -0.1) is 11.3 Å². The van der Waals surface area contributed by atoms with Crippen LogP contribution in [-0.2, 0) is 14.3 Å². The Morgan fingerprint density at radius 2 is 1.83 bits per heavy atom. The quantitative estimate of drug-likeness (QED) is 0.569. The van der Waals surface area contributed by atoms with Crippen LogP contribution in [0.5, 0.6) is 5.75 Å². The number of morpholine rings is 1. The van der Waals surface area contributed by atoms with Crippen molar-refractivity contribution in [1.82, 2.24) is 10.2 Å². The maximum absolute atomic E-state index is 13.5. The van der Waals surface area contributed by atoms with E-state index in [9.17, 15) is 14.0 Å². The molecule has 182 valence electrons. The number of ether oxygens (including phenoxy) is 2. The Balaban J connectivity index is 1.34. The number of hydrogen-bond acceptors (Lipinski definition) is 6. The van der Waals surface area contributed by atoms with E-state index in [0.29, 0.717) is 32.1 Å². The molecule has 1 fully saturated rings. The number of amides is 2. The first-order chi connectivity index (χ1) is 17.1. The third kappa shape index (κ3) is 5.31. The summed E-state index contributed by atoms with van der Waals surface area (Å²) in [5.74, 6) is -0.0598. The van der Waals surface area contributed by atoms with Crippen LogP contribution >= 0.6 is 11.3 Å². The molecule has 0 bridgehead atoms. The molecule has 0 radical (unpaired) electrons. The molecule has 2 aliphatic heterocycles. The lowest BCUT2D eigenvalue weighted by atomic mass is 10.1. The van der Waals surface area contributed by atoms with Crippen LogP contribution in [0.3, 0.4) is 0 Å². The maximum Gasteiger partial charge on any atom is 0.265 e. The first-order valence-corrected chi connectivity index (χ1v) is 12.4. The fourth-order valence-corrected chi connectivity index (χ4v) is 5.18. The molecule has 0 spiro atoms. The molecule has 7 nitrogen and oxygen atoms in total. The van der Waals surface area contributed by atoms with Crippen LogP contribution in [-0.4, -0.2) is 62.2 Å². The molecular formula is C26H26FN3O4S. The zero-order chi connectivity index (χ0) is 24.2. The highest BCUT2D eigenvalue weighted by Gasteiger charge is 2.35. The summed E-state index contributed by atoms with van der Waals surface area (Å²) in [6, 6.07) is 17.0. The molecule has 1 saturated heterocycles. The van der Waals surface area contributed by atoms with Crippen LogP contribution in [0.2, 0.25) is 0 Å². The molecule has 2 aliphatic rings. The molecule has 3 aromatic rings. The molecule has 1 N–H and O–H groups in total. The summed E-state index contributed by atoms with van der Waals surface area (Å²) in [6.45, 7) is 2.39. The van der Waals surface area contributed by atoms with Crippen LogP contribution in [0, 0.1) is 5.82 Å². The van der Waals surface area contributed by atoms with Gasteiger partial charge in [-0.1, -0.05) is 30.3 Å². The fourth-order valence-electron chi connectivity index (χ4n) is 4.38. The van der Waals surface area contributed by atoms with Gasteiger partial charge in [0.15, 0.2) is 6.10 Å². The van der Waals surface area contributed by atoms with Gasteiger partial charge in [0.05, 0.1) is 38.0 Å². The Bertz CT molecular complexity index is 1170. The lowest BCUT2D eigenvalue weighted by Crippen LogP contribution is -2.54. The predicted octanol–water partition coefficient (Wildman–Crippen LogP) is 3.22. The number of halogens is 1. The average Bonchev–Trinajstić information content (AvgIpc) is 3.43. The zero-order valence-corrected chi connectivity index (χ0v) is 19.9. The summed E-state index contributed by atoms with van der Waals surface area (Å²) >= 11 is 1.52. The summed E-state index contributed by atoms with van der Waals surface area (Å²) in [5, 5.41) is 5.04. The largest absolute Gasteiger partial charge is 0.477 e. The second-order valence-corrected chi connectivity index (χ2v) is 9.44. The van der Waals surface area contributed by atoms with E-state index in [1.54, 1.807) is 17.0 Å². The van der Waals surface area contributed by atoms with Crippen LogP contribution in [0.25, 0.3) is 0 Å². The molecule has 0 saturated carbocycles. The highest BCUT2D eigenvalue weighted by Crippen LogP contribution is 2.34. The molecule has 2 aromatic carbocycles. The number of rotatable bonds is 6. The molecule has 0 unspecified atom stereocenters. The van der Waals surface area contributed by atoms with E-state index in [0.717, 1.165) is 16.1 Å². The first kappa shape index (κ1) is 23.3. The monoisotopic (exact) mass is 495 g/mol. The normalized spacial score (nSPS) is 18.4. The minimum atomic E-state index is -0.707. The van der Waals surface area contributed by atoms with E-state index in [1.165, 1.54) is 23.5 Å². The van der Waals surface area contributed by atoms with E-state index in [2.05, 4.69) is 5.32 Å². The number of fused-ring (bicyclic) bond motifs is 1. The molecule has 2 amide bonds. The Kier molecular flexibility index (Phi) is 6.96. The number of anilines is 1. The van der Waals surface area contributed by atoms with E-state index in [1.807, 2.05) is 46.7 Å². The van der Waals surface area contributed by atoms with E-state index >= 15 is 0 Å². The molecular weight excluding hydrogens is 469 g/mol. The van der Waals surface area contributed by atoms with Crippen LogP contribution < -0.4 is 15.0 Å². The third-order valence-electron chi connectivity index (χ3n) is 6.13. The fraction of sp³-hybridized carbons (Fsp3) is 0.308. The van der Waals surface area contributed by atoms with Gasteiger partial charge < -0.3 is 24.6 Å². The predicted molar refractivity (Wildman–Crippen MR) is 131 cm³/mol. The van der Waals surface area contributed by atoms with Gasteiger partial charge in [0, 0.05) is 18.0 Å². The highest BCUT2D eigenvalue weighted by molar-refractivity contribution is 7.10. The standard InChI is InChI=1S/C26H26FN3O4S/c27-19-9-7-18(8-10-19)25(23-6-3-15-35-23)28-24(31)17-30-16-22(26(32)29-11-13-33-14-12-29)34-21-5-2-1-4-20(21)30/h1-10,15,22,25H,11-14,16-17H2,(H,28,31)/t22-,25-/m1/s1. The van der Waals surface area contributed by atoms with E-state index < -0.39 is 12.1 Å². The lowest BCUT2D eigenvalue weighted by molar-refractivity contribution is -0.142. The van der Waals surface area contributed by atoms with Gasteiger partial charge in [0.25, 0.3) is 5.91 Å². The summed E-state index contributed by atoms with van der Waals surface area (Å²) in [5.41, 5.74) is 1.56. The van der Waals surface area contributed by atoms with Crippen molar-refractivity contribution < 1.29 is 23.5 Å². The van der Waals surface area contributed by atoms with Crippen molar-refractivity contribution in [2.45, 2.75) is 12.1 Å². The Hall–Kier alpha value is -3.43. The minimum Gasteiger partial charge on any atom is -0.477 e. The Morgan fingerprint density at radius 1 is 1.06 bits per heavy atom. The van der Waals surface area contributed by atoms with Crippen molar-refractivity contribution in [3.63, 3.8) is 0 Å². The smallest absolute Gasteiger partial charge is 0.265 e. The first-order valence-electron chi connectivity index (χ1n) is 11.5. The van der Waals surface area contributed by atoms with Gasteiger partial charge in [-0.2, -0.15) is 0 Å². The van der Waals surface area contributed by atoms with Crippen molar-refractivity contribution >= 4 is 28.8 Å². The van der Waals surface area contributed by atoms with Crippen molar-refractivity contribution in [2.24, 2.45) is 0 Å². The highest BCUT2D eigenvalue weighted by atomic mass is 32.1. The van der Waals surface area contributed by atoms with Gasteiger partial charge in [0.2, 0.25) is 5.91 Å². The van der Waals surface area contributed by atoms with Crippen LogP contribution in [0.4, 0.5) is 10.1 Å². The summed E-state index contributed by atoms with van der Waals surface area (Å²) in [4.78, 5) is 31.0. The van der Waals surface area contributed by atoms with Crippen LogP contribution in [0.1, 0.15) is 16.5 Å². The van der Waals surface area contributed by atoms with Gasteiger partial charge >= 0.3 is 0 Å². The summed E-state index contributed by atoms with van der Waals surface area (Å²) < 4.78 is 24.9. The number of nitrogens with one attached hydrogen (secondary N) is 1. The zero-order valence-electron chi connectivity index (χ0n) is 19.1. The molecule has 0 aliphatic carbocycles. The number of para-hydroxylation sites is 2. The molecule has 9 heteroatoms. The molecule has 1 aromatic heterocycles. The Morgan fingerprint density at radius 3 is 2.57 bits per heavy atom. The topological polar surface area (TPSA) is 71.1 Å². The summed E-state index contributed by atoms with van der Waals surface area (Å²) in [7, 11) is 0. The Labute approximate surface area is 207 Å². The molecule has 2 atom stereocenters. The molecule has 35 heavy (non-hydrogen) atoms. The van der Waals surface area contributed by atoms with Crippen molar-refractivity contribution in [1.29, 1.82) is 0 Å². The number of thiophene rings is 1. The second kappa shape index (κ2) is 10.5. The maximum atomic E-state index is 13.5. The molecule has 3 heterocycles. The van der Waals surface area contributed by atoms with Gasteiger partial charge in [-0.3, -0.25) is 9.59 Å². The number of hydrogen-bond donors (Lipinski definition) is 1. The van der Waals surface area contributed by atoms with E-state index in [4.69, 9.17) is 9.47 Å². The van der Waals surface area contributed by atoms with E-state index in [-0.39, 0.29) is 30.7 Å². The van der Waals surface area contributed by atoms with Gasteiger partial charge in [0.1, 0.15) is 11.6 Å². The molecule has 5 rings (SSSR count). The second-order valence-electron chi connectivity index (χ2n) is 8.46.